The molecule has 0 unspecified atom stereocenters. The lowest BCUT2D eigenvalue weighted by Gasteiger charge is -2.46. The van der Waals surface area contributed by atoms with Gasteiger partial charge in [0.25, 0.3) is 11.8 Å². The number of benzene rings is 6. The van der Waals surface area contributed by atoms with Crippen LogP contribution in [-0.4, -0.2) is 157 Å². The van der Waals surface area contributed by atoms with Crippen LogP contribution in [0.5, 0.6) is 11.5 Å². The Labute approximate surface area is 657 Å². The van der Waals surface area contributed by atoms with Crippen LogP contribution in [0, 0.1) is 35.5 Å². The van der Waals surface area contributed by atoms with E-state index in [4.69, 9.17) is 61.1 Å². The first kappa shape index (κ1) is 80.3. The predicted octanol–water partition coefficient (Wildman–Crippen LogP) is 14.3. The maximum absolute atomic E-state index is 14.3. The maximum Gasteiger partial charge on any atom is 0.338 e. The Morgan fingerprint density at radius 2 is 0.955 bits per heavy atom. The minimum absolute atomic E-state index is 0.0183. The van der Waals surface area contributed by atoms with Crippen molar-refractivity contribution in [2.45, 2.75) is 149 Å². The van der Waals surface area contributed by atoms with Crippen LogP contribution in [0.3, 0.4) is 0 Å². The smallest absolute Gasteiger partial charge is 0.338 e. The summed E-state index contributed by atoms with van der Waals surface area (Å²) < 4.78 is 110. The summed E-state index contributed by atoms with van der Waals surface area (Å²) in [5.74, 6) is -1.04. The molecule has 2 fully saturated rings. The highest BCUT2D eigenvalue weighted by atomic mass is 35.5. The van der Waals surface area contributed by atoms with Crippen molar-refractivity contribution in [3.63, 3.8) is 0 Å². The number of sulfonamides is 2. The van der Waals surface area contributed by atoms with Crippen LogP contribution < -0.4 is 28.7 Å². The number of aryl methyl sites for hydroxylation is 2. The molecule has 14 atom stereocenters. The fraction of sp³-hybridized carbons (Fsp3) is 0.488. The Kier molecular flexibility index (Phi) is 25.6. The molecule has 6 aromatic carbocycles. The van der Waals surface area contributed by atoms with Gasteiger partial charge in [-0.1, -0.05) is 110 Å². The van der Waals surface area contributed by atoms with Gasteiger partial charge in [0, 0.05) is 99.5 Å². The molecule has 8 aliphatic rings. The Morgan fingerprint density at radius 1 is 0.545 bits per heavy atom. The first-order chi connectivity index (χ1) is 53.0. The van der Waals surface area contributed by atoms with E-state index in [2.05, 4.69) is 55.7 Å². The van der Waals surface area contributed by atoms with E-state index < -0.39 is 78.3 Å². The number of esters is 2. The molecule has 4 aliphatic carbocycles. The lowest BCUT2D eigenvalue weighted by molar-refractivity contribution is 0.00116. The Morgan fingerprint density at radius 3 is 1.33 bits per heavy atom. The van der Waals surface area contributed by atoms with Crippen molar-refractivity contribution < 1.29 is 73.9 Å². The lowest BCUT2D eigenvalue weighted by atomic mass is 9.68. The number of anilines is 2. The number of nitrogens with one attached hydrogen (secondary N) is 2. The van der Waals surface area contributed by atoms with Gasteiger partial charge in [0.05, 0.1) is 71.6 Å². The first-order valence-corrected chi connectivity index (χ1v) is 42.5. The molecule has 20 nitrogen and oxygen atoms in total. The van der Waals surface area contributed by atoms with E-state index >= 15 is 0 Å². The van der Waals surface area contributed by atoms with E-state index in [1.54, 1.807) is 111 Å². The highest BCUT2D eigenvalue weighted by Gasteiger charge is 2.48. The van der Waals surface area contributed by atoms with Gasteiger partial charge >= 0.3 is 11.9 Å². The van der Waals surface area contributed by atoms with Crippen LogP contribution in [0.2, 0.25) is 10.0 Å². The number of nitrogens with zero attached hydrogens (tertiary/aromatic N) is 2. The monoisotopic (exact) mass is 1580 g/mol. The minimum atomic E-state index is -4.31. The molecule has 0 aromatic heterocycles. The second kappa shape index (κ2) is 35.1. The highest BCUT2D eigenvalue weighted by molar-refractivity contribution is 7.91. The van der Waals surface area contributed by atoms with Crippen LogP contribution >= 0.6 is 23.2 Å². The Hall–Kier alpha value is -7.80. The maximum atomic E-state index is 14.3. The van der Waals surface area contributed by atoms with Crippen LogP contribution in [0.15, 0.2) is 158 Å². The van der Waals surface area contributed by atoms with Gasteiger partial charge in [-0.25, -0.2) is 35.9 Å². The van der Waals surface area contributed by atoms with Gasteiger partial charge in [-0.15, -0.1) is 0 Å². The Balaban J connectivity index is 0.000000193. The van der Waals surface area contributed by atoms with Crippen molar-refractivity contribution >= 4 is 78.4 Å². The summed E-state index contributed by atoms with van der Waals surface area (Å²) in [7, 11) is -2.22. The fourth-order valence-corrected chi connectivity index (χ4v) is 22.0. The SMILES string of the molecule is COC[C@H](C[C@@H]1[C@@H](C)C/C=C/[C@H](OC)[C@@H]2CC[C@H]2CN2C[C@@]3(CCCc4cc(Cl)ccc43)COc3ccc(cc32)C(=O)NS1(=O)=O)OC(=O)c1ccccc1.COC[C@H](C[C@H]1[C@@H](C)C/C=C/[C@H](OC)[C@@H]2CC[C@H]2CN2C[C@@]3(CCCc4cc(Cl)ccc43)COc3ccc(cc32)C(=O)NS1(=O)=O)OC(=O)c1ccccc1. The number of fused-ring (bicyclic) bond motifs is 8. The quantitative estimate of drug-likeness (QED) is 0.0761. The third kappa shape index (κ3) is 18.0. The van der Waals surface area contributed by atoms with E-state index in [9.17, 15) is 36.0 Å². The van der Waals surface area contributed by atoms with Gasteiger partial charge in [0.2, 0.25) is 20.0 Å². The van der Waals surface area contributed by atoms with Gasteiger partial charge < -0.3 is 47.7 Å². The van der Waals surface area contributed by atoms with Crippen LogP contribution in [0.4, 0.5) is 11.4 Å². The number of halogens is 2. The summed E-state index contributed by atoms with van der Waals surface area (Å²) in [5, 5.41) is -0.760. The number of carbonyl (C=O) groups is 4. The summed E-state index contributed by atoms with van der Waals surface area (Å²) in [6.45, 7) is 7.42. The third-order valence-electron chi connectivity index (χ3n) is 24.3. The molecule has 14 rings (SSSR count). The summed E-state index contributed by atoms with van der Waals surface area (Å²) in [6.07, 6.45) is 16.6. The number of rotatable bonds is 14. The Bertz CT molecular complexity index is 4300. The van der Waals surface area contributed by atoms with Gasteiger partial charge in [-0.2, -0.15) is 0 Å². The summed E-state index contributed by atoms with van der Waals surface area (Å²) in [6, 6.07) is 39.8. The van der Waals surface area contributed by atoms with E-state index in [1.165, 1.54) is 36.5 Å². The van der Waals surface area contributed by atoms with Crippen molar-refractivity contribution in [1.29, 1.82) is 0 Å². The second-order valence-corrected chi connectivity index (χ2v) is 36.1. The van der Waals surface area contributed by atoms with Crippen LogP contribution in [0.25, 0.3) is 0 Å². The zero-order valence-electron chi connectivity index (χ0n) is 63.5. The second-order valence-electron chi connectivity index (χ2n) is 31.5. The molecule has 588 valence electrons. The van der Waals surface area contributed by atoms with E-state index in [1.807, 2.05) is 38.1 Å². The number of ether oxygens (including phenoxy) is 8. The van der Waals surface area contributed by atoms with Gasteiger partial charge in [0.1, 0.15) is 23.7 Å². The predicted molar refractivity (Wildman–Crippen MR) is 425 cm³/mol. The molecule has 110 heavy (non-hydrogen) atoms. The molecule has 4 bridgehead atoms. The molecule has 0 radical (unpaired) electrons. The topological polar surface area (TPSA) is 241 Å². The lowest BCUT2D eigenvalue weighted by Crippen LogP contribution is -2.49. The largest absolute Gasteiger partial charge is 0.490 e. The molecule has 24 heteroatoms. The summed E-state index contributed by atoms with van der Waals surface area (Å²) in [4.78, 5) is 58.9. The fourth-order valence-electron chi connectivity index (χ4n) is 18.2. The molecule has 2 amide bonds. The van der Waals surface area contributed by atoms with Crippen LogP contribution in [0.1, 0.15) is 155 Å². The normalized spacial score (nSPS) is 28.6. The van der Waals surface area contributed by atoms with Gasteiger partial charge in [-0.3, -0.25) is 9.59 Å². The van der Waals surface area contributed by atoms with E-state index in [-0.39, 0.29) is 72.1 Å². The van der Waals surface area contributed by atoms with Crippen molar-refractivity contribution in [2.75, 3.05) is 90.8 Å². The number of carbonyl (C=O) groups excluding carboxylic acids is 4. The number of hydrogen-bond acceptors (Lipinski definition) is 18. The molecule has 2 spiro atoms. The molecule has 4 aliphatic heterocycles. The van der Waals surface area contributed by atoms with E-state index in [0.717, 1.165) is 98.7 Å². The number of methoxy groups -OCH3 is 4. The zero-order chi connectivity index (χ0) is 77.5. The van der Waals surface area contributed by atoms with Crippen molar-refractivity contribution in [2.24, 2.45) is 35.5 Å². The van der Waals surface area contributed by atoms with Gasteiger partial charge in [-0.05, 0) is 220 Å². The highest BCUT2D eigenvalue weighted by Crippen LogP contribution is 2.50. The van der Waals surface area contributed by atoms with Crippen molar-refractivity contribution in [3.8, 4) is 11.5 Å². The zero-order valence-corrected chi connectivity index (χ0v) is 66.6. The van der Waals surface area contributed by atoms with Gasteiger partial charge in [0.15, 0.2) is 0 Å². The van der Waals surface area contributed by atoms with Crippen molar-refractivity contribution in [3.05, 3.63) is 212 Å². The molecule has 0 saturated heterocycles. The molecule has 6 aromatic rings. The first-order valence-electron chi connectivity index (χ1n) is 38.6. The van der Waals surface area contributed by atoms with Crippen LogP contribution in [-0.2, 0) is 72.1 Å². The average molecular weight is 1580 g/mol. The average Bonchev–Trinajstić information content (AvgIpc) is 1.33. The minimum Gasteiger partial charge on any atom is -0.490 e. The third-order valence-corrected chi connectivity index (χ3v) is 28.6. The number of amides is 2. The molecule has 2 N–H and O–H groups in total. The van der Waals surface area contributed by atoms with Crippen molar-refractivity contribution in [1.82, 2.24) is 9.44 Å². The summed E-state index contributed by atoms with van der Waals surface area (Å²) in [5.41, 5.74) is 7.03. The number of hydrogen-bond donors (Lipinski definition) is 2. The molecule has 4 heterocycles. The molecular weight excluding hydrogens is 1480 g/mol. The van der Waals surface area contributed by atoms with E-state index in [0.29, 0.717) is 73.6 Å². The summed E-state index contributed by atoms with van der Waals surface area (Å²) >= 11 is 12.9. The molecular formula is C86H102Cl2N4O16S2. The number of allylic oxidation sites excluding steroid dienone is 2. The standard InChI is InChI=1S/2C43H51ClN2O8S/c2*1-28-9-7-13-38(52-3)35-17-14-32(35)24-46-26-43(20-8-12-30-21-33(44)16-18-36(30)43)27-53-39-19-15-31(22-37(39)46)41(47)45-55(49,50)40(28)23-34(25-51-2)54-42(48)29-10-5-4-6-11-29/h2*4-7,10-11,13,15-16,18-19,21-22,28,32,34-35,38,40H,8-9,12,14,17,20,23-27H2,1-3H3,(H,45,47)/b2*13-7+/t28-,32-,34-,35+,38-,40+,43-;28-,32-,34-,35+,38-,40-,43-/m00/s1. The molecule has 2 saturated carbocycles.